The van der Waals surface area contributed by atoms with Gasteiger partial charge in [-0.05, 0) is 23.8 Å². The third-order valence-corrected chi connectivity index (χ3v) is 2.63. The number of rotatable bonds is 2. The van der Waals surface area contributed by atoms with Gasteiger partial charge in [0.1, 0.15) is 0 Å². The van der Waals surface area contributed by atoms with Gasteiger partial charge in [0.15, 0.2) is 0 Å². The van der Waals surface area contributed by atoms with Crippen LogP contribution >= 0.6 is 0 Å². The normalized spacial score (nSPS) is 11.4. The minimum absolute atomic E-state index is 0.0584. The van der Waals surface area contributed by atoms with E-state index >= 15 is 0 Å². The molecule has 0 saturated carbocycles. The van der Waals surface area contributed by atoms with Crippen molar-refractivity contribution in [1.29, 1.82) is 0 Å². The van der Waals surface area contributed by atoms with E-state index < -0.39 is 11.7 Å². The zero-order chi connectivity index (χ0) is 14.0. The van der Waals surface area contributed by atoms with Gasteiger partial charge in [0.05, 0.1) is 12.7 Å². The molecule has 0 amide bonds. The molecule has 0 unspecified atom stereocenters. The van der Waals surface area contributed by atoms with Crippen LogP contribution in [0.3, 0.4) is 0 Å². The molecule has 0 radical (unpaired) electrons. The molecule has 1 aromatic carbocycles. The molecular weight excluding hydrogens is 257 g/mol. The first-order valence-corrected chi connectivity index (χ1v) is 5.39. The van der Waals surface area contributed by atoms with Crippen LogP contribution in [0.5, 0.6) is 5.88 Å². The second-order valence-corrected chi connectivity index (χ2v) is 3.89. The van der Waals surface area contributed by atoms with Crippen LogP contribution in [0.25, 0.3) is 11.1 Å². The Kier molecular flexibility index (Phi) is 3.33. The van der Waals surface area contributed by atoms with Crippen LogP contribution in [-0.2, 0) is 6.18 Å². The molecule has 2 aromatic rings. The van der Waals surface area contributed by atoms with Crippen molar-refractivity contribution in [3.05, 3.63) is 42.1 Å². The summed E-state index contributed by atoms with van der Waals surface area (Å²) in [5.74, 6) is 0.372. The van der Waals surface area contributed by atoms with E-state index in [1.165, 1.54) is 19.4 Å². The topological polar surface area (TPSA) is 48.1 Å². The number of hydrogen-bond donors (Lipinski definition) is 1. The molecule has 0 saturated heterocycles. The second-order valence-electron chi connectivity index (χ2n) is 3.89. The van der Waals surface area contributed by atoms with E-state index in [0.29, 0.717) is 17.0 Å². The lowest BCUT2D eigenvalue weighted by atomic mass is 10.0. The Morgan fingerprint density at radius 3 is 2.47 bits per heavy atom. The first kappa shape index (κ1) is 13.2. The van der Waals surface area contributed by atoms with Crippen LogP contribution in [0.15, 0.2) is 36.5 Å². The monoisotopic (exact) mass is 268 g/mol. The van der Waals surface area contributed by atoms with Crippen LogP contribution in [0, 0.1) is 0 Å². The van der Waals surface area contributed by atoms with E-state index in [1.807, 2.05) is 0 Å². The van der Waals surface area contributed by atoms with Crippen LogP contribution in [0.4, 0.5) is 18.9 Å². The molecule has 2 N–H and O–H groups in total. The number of anilines is 1. The van der Waals surface area contributed by atoms with Crippen LogP contribution in [0.1, 0.15) is 5.56 Å². The fourth-order valence-electron chi connectivity index (χ4n) is 1.69. The van der Waals surface area contributed by atoms with Crippen molar-refractivity contribution in [2.24, 2.45) is 0 Å². The van der Waals surface area contributed by atoms with Crippen molar-refractivity contribution in [2.45, 2.75) is 6.18 Å². The number of halogens is 3. The molecule has 3 nitrogen and oxygen atoms in total. The predicted octanol–water partition coefficient (Wildman–Crippen LogP) is 3.36. The Hall–Kier alpha value is -2.24. The van der Waals surface area contributed by atoms with Gasteiger partial charge in [-0.25, -0.2) is 4.98 Å². The lowest BCUT2D eigenvalue weighted by Gasteiger charge is -2.11. The molecule has 0 aliphatic rings. The first-order chi connectivity index (χ1) is 8.91. The van der Waals surface area contributed by atoms with Gasteiger partial charge < -0.3 is 10.5 Å². The van der Waals surface area contributed by atoms with Gasteiger partial charge in [-0.2, -0.15) is 13.2 Å². The van der Waals surface area contributed by atoms with Crippen molar-refractivity contribution in [1.82, 2.24) is 4.98 Å². The summed E-state index contributed by atoms with van der Waals surface area (Å²) in [4.78, 5) is 3.93. The molecule has 2 rings (SSSR count). The maximum Gasteiger partial charge on any atom is 0.416 e. The highest BCUT2D eigenvalue weighted by molar-refractivity contribution is 5.77. The van der Waals surface area contributed by atoms with Crippen LogP contribution < -0.4 is 10.5 Å². The standard InChI is InChI=1S/C13H11F3N2O/c1-19-12-6-8(4-5-18-12)10-3-2-9(7-11(10)17)13(14,15)16/h2-7H,17H2,1H3. The van der Waals surface area contributed by atoms with E-state index in [-0.39, 0.29) is 5.69 Å². The molecular formula is C13H11F3N2O. The molecule has 0 aliphatic carbocycles. The minimum atomic E-state index is -4.40. The highest BCUT2D eigenvalue weighted by Gasteiger charge is 2.30. The number of aromatic nitrogens is 1. The molecule has 6 heteroatoms. The number of pyridine rings is 1. The SMILES string of the molecule is COc1cc(-c2ccc(C(F)(F)F)cc2N)ccn1. The number of nitrogens with two attached hydrogens (primary N) is 1. The van der Waals surface area contributed by atoms with Gasteiger partial charge in [-0.15, -0.1) is 0 Å². The van der Waals surface area contributed by atoms with Crippen LogP contribution in [-0.4, -0.2) is 12.1 Å². The number of benzene rings is 1. The maximum atomic E-state index is 12.5. The van der Waals surface area contributed by atoms with Crippen molar-refractivity contribution < 1.29 is 17.9 Å². The summed E-state index contributed by atoms with van der Waals surface area (Å²) < 4.78 is 42.6. The lowest BCUT2D eigenvalue weighted by Crippen LogP contribution is -2.06. The zero-order valence-corrected chi connectivity index (χ0v) is 10.0. The molecule has 1 heterocycles. The summed E-state index contributed by atoms with van der Waals surface area (Å²) in [5, 5.41) is 0. The summed E-state index contributed by atoms with van der Waals surface area (Å²) in [6.45, 7) is 0. The molecule has 1 aromatic heterocycles. The van der Waals surface area contributed by atoms with Crippen molar-refractivity contribution in [3.63, 3.8) is 0 Å². The second kappa shape index (κ2) is 4.79. The zero-order valence-electron chi connectivity index (χ0n) is 10.0. The molecule has 19 heavy (non-hydrogen) atoms. The third kappa shape index (κ3) is 2.78. The molecule has 0 atom stereocenters. The number of ether oxygens (including phenoxy) is 1. The van der Waals surface area contributed by atoms with Crippen molar-refractivity contribution >= 4 is 5.69 Å². The molecule has 100 valence electrons. The summed E-state index contributed by atoms with van der Waals surface area (Å²) in [7, 11) is 1.46. The Balaban J connectivity index is 2.46. The predicted molar refractivity (Wildman–Crippen MR) is 65.6 cm³/mol. The van der Waals surface area contributed by atoms with E-state index in [0.717, 1.165) is 12.1 Å². The van der Waals surface area contributed by atoms with Gasteiger partial charge in [-0.1, -0.05) is 6.07 Å². The Morgan fingerprint density at radius 2 is 1.89 bits per heavy atom. The Bertz CT molecular complexity index is 597. The number of nitrogen functional groups attached to an aromatic ring is 1. The van der Waals surface area contributed by atoms with Crippen LogP contribution in [0.2, 0.25) is 0 Å². The number of methoxy groups -OCH3 is 1. The number of hydrogen-bond acceptors (Lipinski definition) is 3. The lowest BCUT2D eigenvalue weighted by molar-refractivity contribution is -0.137. The van der Waals surface area contributed by atoms with E-state index in [4.69, 9.17) is 10.5 Å². The van der Waals surface area contributed by atoms with Gasteiger partial charge in [-0.3, -0.25) is 0 Å². The maximum absolute atomic E-state index is 12.5. The van der Waals surface area contributed by atoms with Gasteiger partial charge >= 0.3 is 6.18 Å². The highest BCUT2D eigenvalue weighted by Crippen LogP contribution is 2.34. The van der Waals surface area contributed by atoms with Crippen molar-refractivity contribution in [3.8, 4) is 17.0 Å². The Labute approximate surface area is 107 Å². The van der Waals surface area contributed by atoms with E-state index in [2.05, 4.69) is 4.98 Å². The molecule has 0 spiro atoms. The molecule has 0 aliphatic heterocycles. The Morgan fingerprint density at radius 1 is 1.16 bits per heavy atom. The van der Waals surface area contributed by atoms with Gasteiger partial charge in [0.25, 0.3) is 0 Å². The fourth-order valence-corrected chi connectivity index (χ4v) is 1.69. The summed E-state index contributed by atoms with van der Waals surface area (Å²) in [6, 6.07) is 6.52. The summed E-state index contributed by atoms with van der Waals surface area (Å²) >= 11 is 0. The highest BCUT2D eigenvalue weighted by atomic mass is 19.4. The third-order valence-electron chi connectivity index (χ3n) is 2.63. The van der Waals surface area contributed by atoms with Crippen molar-refractivity contribution in [2.75, 3.05) is 12.8 Å². The van der Waals surface area contributed by atoms with Gasteiger partial charge in [0, 0.05) is 23.5 Å². The average molecular weight is 268 g/mol. The minimum Gasteiger partial charge on any atom is -0.481 e. The van der Waals surface area contributed by atoms with E-state index in [1.54, 1.807) is 12.1 Å². The average Bonchev–Trinajstić information content (AvgIpc) is 2.37. The number of nitrogens with zero attached hydrogens (tertiary/aromatic N) is 1. The number of alkyl halides is 3. The quantitative estimate of drug-likeness (QED) is 0.849. The smallest absolute Gasteiger partial charge is 0.416 e. The first-order valence-electron chi connectivity index (χ1n) is 5.39. The largest absolute Gasteiger partial charge is 0.481 e. The summed E-state index contributed by atoms with van der Waals surface area (Å²) in [5.41, 5.74) is 6.13. The van der Waals surface area contributed by atoms with E-state index in [9.17, 15) is 13.2 Å². The summed E-state index contributed by atoms with van der Waals surface area (Å²) in [6.07, 6.45) is -2.89. The molecule has 0 bridgehead atoms. The van der Waals surface area contributed by atoms with Gasteiger partial charge in [0.2, 0.25) is 5.88 Å². The molecule has 0 fully saturated rings. The fraction of sp³-hybridized carbons (Fsp3) is 0.154.